The lowest BCUT2D eigenvalue weighted by Crippen LogP contribution is -2.48. The molecule has 2 heterocycles. The van der Waals surface area contributed by atoms with Crippen molar-refractivity contribution in [3.63, 3.8) is 0 Å². The topological polar surface area (TPSA) is 69.9 Å². The maximum Gasteiger partial charge on any atom is 0.282 e. The molecule has 2 saturated heterocycles. The summed E-state index contributed by atoms with van der Waals surface area (Å²) in [6, 6.07) is 0.338. The van der Waals surface area contributed by atoms with Gasteiger partial charge in [0.25, 0.3) is 10.2 Å². The number of likely N-dealkylation sites (N-methyl/N-ethyl adjacent to an activating group) is 1. The summed E-state index contributed by atoms with van der Waals surface area (Å²) in [5, 5.41) is 0. The van der Waals surface area contributed by atoms with E-state index in [0.717, 1.165) is 19.3 Å². The van der Waals surface area contributed by atoms with Crippen molar-refractivity contribution in [2.45, 2.75) is 25.3 Å². The maximum absolute atomic E-state index is 12.6. The Kier molecular flexibility index (Phi) is 4.84. The SMILES string of the molecule is CN(C)C1CCN(S(=O)(=O)N2CCCC(CN)C2)C1. The number of piperidine rings is 1. The second-order valence-electron chi connectivity index (χ2n) is 5.87. The Hall–Kier alpha value is -0.210. The van der Waals surface area contributed by atoms with Crippen LogP contribution in [0.1, 0.15) is 19.3 Å². The van der Waals surface area contributed by atoms with Gasteiger partial charge in [0.1, 0.15) is 0 Å². The largest absolute Gasteiger partial charge is 0.330 e. The van der Waals surface area contributed by atoms with Gasteiger partial charge >= 0.3 is 0 Å². The van der Waals surface area contributed by atoms with Gasteiger partial charge in [0.15, 0.2) is 0 Å². The maximum atomic E-state index is 12.6. The molecule has 0 radical (unpaired) electrons. The molecule has 19 heavy (non-hydrogen) atoms. The molecule has 2 fully saturated rings. The van der Waals surface area contributed by atoms with Crippen molar-refractivity contribution in [2.24, 2.45) is 11.7 Å². The molecule has 2 N–H and O–H groups in total. The first-order chi connectivity index (χ1) is 8.95. The third-order valence-corrected chi connectivity index (χ3v) is 6.29. The van der Waals surface area contributed by atoms with Gasteiger partial charge in [0, 0.05) is 32.2 Å². The highest BCUT2D eigenvalue weighted by atomic mass is 32.2. The minimum Gasteiger partial charge on any atom is -0.330 e. The molecule has 0 amide bonds. The van der Waals surface area contributed by atoms with Crippen molar-refractivity contribution < 1.29 is 8.42 Å². The Morgan fingerprint density at radius 2 is 1.84 bits per heavy atom. The van der Waals surface area contributed by atoms with E-state index in [9.17, 15) is 8.42 Å². The lowest BCUT2D eigenvalue weighted by atomic mass is 10.0. The average molecular weight is 290 g/mol. The van der Waals surface area contributed by atoms with Crippen LogP contribution in [-0.4, -0.2) is 74.8 Å². The average Bonchev–Trinajstić information content (AvgIpc) is 2.89. The van der Waals surface area contributed by atoms with Crippen LogP contribution in [0, 0.1) is 5.92 Å². The molecule has 2 aliphatic heterocycles. The van der Waals surface area contributed by atoms with E-state index in [2.05, 4.69) is 4.90 Å². The van der Waals surface area contributed by atoms with Gasteiger partial charge in [-0.1, -0.05) is 0 Å². The molecule has 0 aromatic rings. The van der Waals surface area contributed by atoms with Gasteiger partial charge in [0.2, 0.25) is 0 Å². The first kappa shape index (κ1) is 15.2. The number of hydrogen-bond donors (Lipinski definition) is 1. The summed E-state index contributed by atoms with van der Waals surface area (Å²) in [6.45, 7) is 3.05. The van der Waals surface area contributed by atoms with E-state index in [1.807, 2.05) is 14.1 Å². The van der Waals surface area contributed by atoms with Crippen molar-refractivity contribution in [3.8, 4) is 0 Å². The van der Waals surface area contributed by atoms with Crippen LogP contribution < -0.4 is 5.73 Å². The zero-order valence-electron chi connectivity index (χ0n) is 12.0. The molecular weight excluding hydrogens is 264 g/mol. The third-order valence-electron chi connectivity index (χ3n) is 4.32. The molecule has 0 spiro atoms. The number of hydrogen-bond acceptors (Lipinski definition) is 4. The van der Waals surface area contributed by atoms with E-state index in [1.165, 1.54) is 0 Å². The van der Waals surface area contributed by atoms with Gasteiger partial charge in [-0.05, 0) is 45.8 Å². The molecule has 2 atom stereocenters. The first-order valence-corrected chi connectivity index (χ1v) is 8.46. The van der Waals surface area contributed by atoms with Crippen LogP contribution in [0.2, 0.25) is 0 Å². The van der Waals surface area contributed by atoms with Crippen LogP contribution in [0.5, 0.6) is 0 Å². The van der Waals surface area contributed by atoms with E-state index in [0.29, 0.717) is 44.7 Å². The molecule has 6 nitrogen and oxygen atoms in total. The van der Waals surface area contributed by atoms with Crippen LogP contribution >= 0.6 is 0 Å². The van der Waals surface area contributed by atoms with Crippen molar-refractivity contribution in [1.29, 1.82) is 0 Å². The summed E-state index contributed by atoms with van der Waals surface area (Å²) in [5.41, 5.74) is 5.68. The molecule has 2 aliphatic rings. The lowest BCUT2D eigenvalue weighted by Gasteiger charge is -2.34. The van der Waals surface area contributed by atoms with Gasteiger partial charge in [-0.15, -0.1) is 0 Å². The predicted molar refractivity (Wildman–Crippen MR) is 75.9 cm³/mol. The minimum atomic E-state index is -3.29. The molecule has 0 aromatic carbocycles. The molecule has 0 saturated carbocycles. The van der Waals surface area contributed by atoms with Gasteiger partial charge in [0.05, 0.1) is 0 Å². The van der Waals surface area contributed by atoms with Gasteiger partial charge in [-0.3, -0.25) is 0 Å². The Bertz CT molecular complexity index is 399. The van der Waals surface area contributed by atoms with E-state index >= 15 is 0 Å². The van der Waals surface area contributed by atoms with Gasteiger partial charge in [-0.2, -0.15) is 17.0 Å². The molecule has 112 valence electrons. The van der Waals surface area contributed by atoms with E-state index < -0.39 is 10.2 Å². The quantitative estimate of drug-likeness (QED) is 0.760. The fraction of sp³-hybridized carbons (Fsp3) is 1.00. The van der Waals surface area contributed by atoms with E-state index in [-0.39, 0.29) is 0 Å². The third kappa shape index (κ3) is 3.28. The Morgan fingerprint density at radius 3 is 2.42 bits per heavy atom. The lowest BCUT2D eigenvalue weighted by molar-refractivity contribution is 0.251. The summed E-state index contributed by atoms with van der Waals surface area (Å²) >= 11 is 0. The summed E-state index contributed by atoms with van der Waals surface area (Å²) in [5.74, 6) is 0.316. The standard InChI is InChI=1S/C12H26N4O2S/c1-14(2)12-5-7-16(10-12)19(17,18)15-6-3-4-11(8-13)9-15/h11-12H,3-10,13H2,1-2H3. The van der Waals surface area contributed by atoms with Crippen LogP contribution in [0.25, 0.3) is 0 Å². The van der Waals surface area contributed by atoms with Crippen molar-refractivity contribution >= 4 is 10.2 Å². The van der Waals surface area contributed by atoms with Crippen LogP contribution in [-0.2, 0) is 10.2 Å². The zero-order chi connectivity index (χ0) is 14.0. The van der Waals surface area contributed by atoms with Crippen LogP contribution in [0.4, 0.5) is 0 Å². The molecule has 2 unspecified atom stereocenters. The molecule has 2 rings (SSSR count). The van der Waals surface area contributed by atoms with E-state index in [1.54, 1.807) is 8.61 Å². The van der Waals surface area contributed by atoms with Crippen LogP contribution in [0.15, 0.2) is 0 Å². The van der Waals surface area contributed by atoms with Crippen molar-refractivity contribution in [1.82, 2.24) is 13.5 Å². The summed E-state index contributed by atoms with van der Waals surface area (Å²) in [4.78, 5) is 2.11. The monoisotopic (exact) mass is 290 g/mol. The number of nitrogens with two attached hydrogens (primary N) is 1. The number of rotatable bonds is 4. The minimum absolute atomic E-state index is 0.316. The fourth-order valence-corrected chi connectivity index (χ4v) is 4.72. The highest BCUT2D eigenvalue weighted by Crippen LogP contribution is 2.24. The highest BCUT2D eigenvalue weighted by Gasteiger charge is 2.37. The number of nitrogens with zero attached hydrogens (tertiary/aromatic N) is 3. The summed E-state index contributed by atoms with van der Waals surface area (Å²) in [7, 11) is 0.725. The molecular formula is C12H26N4O2S. The second-order valence-corrected chi connectivity index (χ2v) is 7.80. The normalized spacial score (nSPS) is 31.2. The summed E-state index contributed by atoms with van der Waals surface area (Å²) in [6.07, 6.45) is 2.88. The Morgan fingerprint density at radius 1 is 1.16 bits per heavy atom. The smallest absolute Gasteiger partial charge is 0.282 e. The van der Waals surface area contributed by atoms with Gasteiger partial charge in [-0.25, -0.2) is 0 Å². The van der Waals surface area contributed by atoms with Crippen molar-refractivity contribution in [3.05, 3.63) is 0 Å². The van der Waals surface area contributed by atoms with Gasteiger partial charge < -0.3 is 10.6 Å². The Balaban J connectivity index is 2.02. The van der Waals surface area contributed by atoms with E-state index in [4.69, 9.17) is 5.73 Å². The molecule has 0 aromatic heterocycles. The van der Waals surface area contributed by atoms with Crippen molar-refractivity contribution in [2.75, 3.05) is 46.8 Å². The summed E-state index contributed by atoms with van der Waals surface area (Å²) < 4.78 is 28.5. The Labute approximate surface area is 116 Å². The fourth-order valence-electron chi connectivity index (χ4n) is 2.93. The second kappa shape index (κ2) is 6.05. The zero-order valence-corrected chi connectivity index (χ0v) is 12.8. The molecule has 7 heteroatoms. The highest BCUT2D eigenvalue weighted by molar-refractivity contribution is 7.86. The first-order valence-electron chi connectivity index (χ1n) is 7.07. The predicted octanol–water partition coefficient (Wildman–Crippen LogP) is -0.462. The van der Waals surface area contributed by atoms with Crippen LogP contribution in [0.3, 0.4) is 0 Å². The molecule has 0 bridgehead atoms. The molecule has 0 aliphatic carbocycles.